The normalized spacial score (nSPS) is 15.2. The Morgan fingerprint density at radius 1 is 1.12 bits per heavy atom. The van der Waals surface area contributed by atoms with Crippen LogP contribution in [0.5, 0.6) is 0 Å². The van der Waals surface area contributed by atoms with Gasteiger partial charge in [-0.2, -0.15) is 0 Å². The molecule has 1 aliphatic heterocycles. The predicted molar refractivity (Wildman–Crippen MR) is 105 cm³/mol. The average Bonchev–Trinajstić information content (AvgIpc) is 2.57. The minimum atomic E-state index is -3.54. The number of nitrogens with zero attached hydrogens (tertiary/aromatic N) is 1. The van der Waals surface area contributed by atoms with Crippen LogP contribution in [0, 0.1) is 6.92 Å². The van der Waals surface area contributed by atoms with Gasteiger partial charge in [0, 0.05) is 29.4 Å². The van der Waals surface area contributed by atoms with Crippen LogP contribution >= 0.6 is 11.6 Å². The fraction of sp³-hybridized carbons (Fsp3) is 0.316. The first kappa shape index (κ1) is 18.7. The summed E-state index contributed by atoms with van der Waals surface area (Å²) in [6.45, 7) is 2.59. The van der Waals surface area contributed by atoms with Crippen LogP contribution in [0.3, 0.4) is 0 Å². The maximum Gasteiger partial charge on any atom is 0.236 e. The van der Waals surface area contributed by atoms with Crippen LogP contribution in [0.1, 0.15) is 30.4 Å². The third-order valence-corrected chi connectivity index (χ3v) is 5.87. The molecule has 5 nitrogen and oxygen atoms in total. The van der Waals surface area contributed by atoms with Crippen molar-refractivity contribution in [3.63, 3.8) is 0 Å². The Kier molecular flexibility index (Phi) is 5.53. The van der Waals surface area contributed by atoms with Crippen molar-refractivity contribution >= 4 is 38.9 Å². The molecule has 0 aliphatic carbocycles. The highest BCUT2D eigenvalue weighted by Gasteiger charge is 2.21. The molecule has 0 radical (unpaired) electrons. The van der Waals surface area contributed by atoms with E-state index in [-0.39, 0.29) is 11.7 Å². The van der Waals surface area contributed by atoms with Crippen LogP contribution in [-0.4, -0.2) is 20.9 Å². The Labute approximate surface area is 159 Å². The van der Waals surface area contributed by atoms with Gasteiger partial charge in [-0.3, -0.25) is 9.52 Å². The zero-order valence-corrected chi connectivity index (χ0v) is 16.1. The summed E-state index contributed by atoms with van der Waals surface area (Å²) in [7, 11) is -3.54. The van der Waals surface area contributed by atoms with E-state index < -0.39 is 10.0 Å². The molecule has 138 valence electrons. The van der Waals surface area contributed by atoms with Crippen molar-refractivity contribution in [2.75, 3.05) is 16.2 Å². The highest BCUT2D eigenvalue weighted by Crippen LogP contribution is 2.27. The minimum Gasteiger partial charge on any atom is -0.312 e. The first-order chi connectivity index (χ1) is 12.3. The molecule has 1 amide bonds. The number of amides is 1. The number of benzene rings is 2. The maximum atomic E-state index is 12.4. The molecule has 7 heteroatoms. The molecular formula is C19H21ClN2O3S. The molecule has 1 saturated heterocycles. The highest BCUT2D eigenvalue weighted by atomic mass is 35.5. The highest BCUT2D eigenvalue weighted by molar-refractivity contribution is 7.91. The molecule has 0 bridgehead atoms. The van der Waals surface area contributed by atoms with Crippen molar-refractivity contribution in [1.29, 1.82) is 0 Å². The largest absolute Gasteiger partial charge is 0.312 e. The Hall–Kier alpha value is -2.05. The van der Waals surface area contributed by atoms with Gasteiger partial charge in [0.1, 0.15) is 0 Å². The molecule has 1 N–H and O–H groups in total. The minimum absolute atomic E-state index is 0.121. The van der Waals surface area contributed by atoms with Gasteiger partial charge < -0.3 is 4.90 Å². The van der Waals surface area contributed by atoms with E-state index in [4.69, 9.17) is 11.6 Å². The fourth-order valence-electron chi connectivity index (χ4n) is 3.10. The van der Waals surface area contributed by atoms with Crippen LogP contribution in [0.2, 0.25) is 5.02 Å². The second-order valence-electron chi connectivity index (χ2n) is 6.49. The number of aryl methyl sites for hydroxylation is 1. The van der Waals surface area contributed by atoms with Gasteiger partial charge in [-0.15, -0.1) is 0 Å². The van der Waals surface area contributed by atoms with E-state index in [1.165, 1.54) is 0 Å². The van der Waals surface area contributed by atoms with E-state index >= 15 is 0 Å². The predicted octanol–water partition coefficient (Wildman–Crippen LogP) is 4.11. The first-order valence-corrected chi connectivity index (χ1v) is 10.5. The maximum absolute atomic E-state index is 12.4. The SMILES string of the molecule is Cc1cc(NS(=O)(=O)Cc2ccc(Cl)cc2)ccc1N1CCCCC1=O. The number of sulfonamides is 1. The number of halogens is 1. The Morgan fingerprint density at radius 3 is 2.50 bits per heavy atom. The van der Waals surface area contributed by atoms with Gasteiger partial charge >= 0.3 is 0 Å². The molecule has 0 aromatic heterocycles. The average molecular weight is 393 g/mol. The lowest BCUT2D eigenvalue weighted by molar-refractivity contribution is -0.119. The molecule has 2 aromatic carbocycles. The zero-order chi connectivity index (χ0) is 18.7. The summed E-state index contributed by atoms with van der Waals surface area (Å²) in [6.07, 6.45) is 2.48. The number of hydrogen-bond acceptors (Lipinski definition) is 3. The van der Waals surface area contributed by atoms with Gasteiger partial charge in [0.15, 0.2) is 0 Å². The van der Waals surface area contributed by atoms with Crippen molar-refractivity contribution in [2.45, 2.75) is 31.9 Å². The van der Waals surface area contributed by atoms with Crippen LogP contribution in [0.25, 0.3) is 0 Å². The summed E-state index contributed by atoms with van der Waals surface area (Å²) in [6, 6.07) is 12.0. The first-order valence-electron chi connectivity index (χ1n) is 8.50. The third-order valence-electron chi connectivity index (χ3n) is 4.35. The van der Waals surface area contributed by atoms with Gasteiger partial charge in [0.05, 0.1) is 5.75 Å². The van der Waals surface area contributed by atoms with Crippen LogP contribution in [0.15, 0.2) is 42.5 Å². The van der Waals surface area contributed by atoms with E-state index in [9.17, 15) is 13.2 Å². The number of rotatable bonds is 5. The topological polar surface area (TPSA) is 66.5 Å². The van der Waals surface area contributed by atoms with Gasteiger partial charge in [-0.25, -0.2) is 8.42 Å². The zero-order valence-electron chi connectivity index (χ0n) is 14.5. The van der Waals surface area contributed by atoms with Crippen LogP contribution < -0.4 is 9.62 Å². The van der Waals surface area contributed by atoms with Gasteiger partial charge in [-0.05, 0) is 61.2 Å². The Bertz CT molecular complexity index is 911. The number of anilines is 2. The van der Waals surface area contributed by atoms with E-state index in [1.807, 2.05) is 6.92 Å². The quantitative estimate of drug-likeness (QED) is 0.832. The van der Waals surface area contributed by atoms with Gasteiger partial charge in [0.25, 0.3) is 0 Å². The van der Waals surface area contributed by atoms with E-state index in [1.54, 1.807) is 47.4 Å². The van der Waals surface area contributed by atoms with Crippen molar-refractivity contribution in [1.82, 2.24) is 0 Å². The van der Waals surface area contributed by atoms with Gasteiger partial charge in [0.2, 0.25) is 15.9 Å². The summed E-state index contributed by atoms with van der Waals surface area (Å²) < 4.78 is 27.4. The molecule has 1 aliphatic rings. The number of hydrogen-bond donors (Lipinski definition) is 1. The van der Waals surface area contributed by atoms with E-state index in [0.29, 0.717) is 29.2 Å². The number of carbonyl (C=O) groups is 1. The Balaban J connectivity index is 1.74. The monoisotopic (exact) mass is 392 g/mol. The summed E-state index contributed by atoms with van der Waals surface area (Å²) >= 11 is 5.83. The van der Waals surface area contributed by atoms with Gasteiger partial charge in [-0.1, -0.05) is 23.7 Å². The molecule has 1 fully saturated rings. The lowest BCUT2D eigenvalue weighted by Crippen LogP contribution is -2.35. The molecule has 0 spiro atoms. The standard InChI is InChI=1S/C19H21ClN2O3S/c1-14-12-17(9-10-18(14)22-11-3-2-4-19(22)23)21-26(24,25)13-15-5-7-16(20)8-6-15/h5-10,12,21H,2-4,11,13H2,1H3. The summed E-state index contributed by atoms with van der Waals surface area (Å²) in [5, 5.41) is 0.567. The van der Waals surface area contributed by atoms with E-state index in [0.717, 1.165) is 24.1 Å². The summed E-state index contributed by atoms with van der Waals surface area (Å²) in [5.41, 5.74) is 2.86. The summed E-state index contributed by atoms with van der Waals surface area (Å²) in [4.78, 5) is 13.9. The molecule has 1 heterocycles. The van der Waals surface area contributed by atoms with Crippen molar-refractivity contribution in [3.05, 3.63) is 58.6 Å². The molecule has 3 rings (SSSR count). The van der Waals surface area contributed by atoms with Crippen molar-refractivity contribution in [2.24, 2.45) is 0 Å². The fourth-order valence-corrected chi connectivity index (χ4v) is 4.41. The second kappa shape index (κ2) is 7.68. The lowest BCUT2D eigenvalue weighted by atomic mass is 10.1. The van der Waals surface area contributed by atoms with Crippen LogP contribution in [-0.2, 0) is 20.6 Å². The number of carbonyl (C=O) groups excluding carboxylic acids is 1. The number of piperidine rings is 1. The number of nitrogens with one attached hydrogen (secondary N) is 1. The Morgan fingerprint density at radius 2 is 1.85 bits per heavy atom. The smallest absolute Gasteiger partial charge is 0.236 e. The van der Waals surface area contributed by atoms with E-state index in [2.05, 4.69) is 4.72 Å². The lowest BCUT2D eigenvalue weighted by Gasteiger charge is -2.28. The molecule has 0 atom stereocenters. The molecule has 0 unspecified atom stereocenters. The van der Waals surface area contributed by atoms with Crippen LogP contribution in [0.4, 0.5) is 11.4 Å². The van der Waals surface area contributed by atoms with Crippen molar-refractivity contribution in [3.8, 4) is 0 Å². The molecule has 2 aromatic rings. The molecule has 0 saturated carbocycles. The second-order valence-corrected chi connectivity index (χ2v) is 8.65. The molecular weight excluding hydrogens is 372 g/mol. The third kappa shape index (κ3) is 4.56. The molecule has 26 heavy (non-hydrogen) atoms. The summed E-state index contributed by atoms with van der Waals surface area (Å²) in [5.74, 6) is -0.00863. The van der Waals surface area contributed by atoms with Crippen molar-refractivity contribution < 1.29 is 13.2 Å².